The molecule has 208 valence electrons. The van der Waals surface area contributed by atoms with Crippen molar-refractivity contribution in [2.75, 3.05) is 0 Å². The predicted octanol–water partition coefficient (Wildman–Crippen LogP) is 6.17. The Bertz CT molecular complexity index is 921. The van der Waals surface area contributed by atoms with Crippen LogP contribution in [0.2, 0.25) is 0 Å². The van der Waals surface area contributed by atoms with Gasteiger partial charge in [-0.05, 0) is 111 Å². The van der Waals surface area contributed by atoms with Gasteiger partial charge in [0.25, 0.3) is 0 Å². The van der Waals surface area contributed by atoms with Crippen molar-refractivity contribution in [2.24, 2.45) is 11.3 Å². The summed E-state index contributed by atoms with van der Waals surface area (Å²) in [4.78, 5) is 0. The van der Waals surface area contributed by atoms with Crippen molar-refractivity contribution >= 4 is 20.0 Å². The molecule has 0 aromatic rings. The first-order valence-corrected chi connectivity index (χ1v) is 16.6. The Morgan fingerprint density at radius 3 is 1.51 bits per heavy atom. The maximum atomic E-state index is 13.9. The van der Waals surface area contributed by atoms with E-state index in [1.807, 2.05) is 25.1 Å². The highest BCUT2D eigenvalue weighted by atomic mass is 32.2. The van der Waals surface area contributed by atoms with E-state index < -0.39 is 29.5 Å². The summed E-state index contributed by atoms with van der Waals surface area (Å²) in [6.45, 7) is 21.8. The standard InChI is InChI=1S/C27H54N2O4S2/c1-20(18-21(2)28(23-12-13-23)34(30,31)26(7,8)9)16-17-27(10,11)35(32,33)29(24-14-15-24)22(3)19-25(4,5)6/h20-24H,12-19H2,1-11H3/t20?,21-,22+/m0/s1. The molecule has 0 saturated heterocycles. The highest BCUT2D eigenvalue weighted by molar-refractivity contribution is 7.90. The van der Waals surface area contributed by atoms with Crippen LogP contribution in [0.3, 0.4) is 0 Å². The largest absolute Gasteiger partial charge is 0.219 e. The number of nitrogens with zero attached hydrogens (tertiary/aromatic N) is 2. The summed E-state index contributed by atoms with van der Waals surface area (Å²) < 4.78 is 56.2. The van der Waals surface area contributed by atoms with Crippen LogP contribution in [-0.4, -0.2) is 59.1 Å². The topological polar surface area (TPSA) is 74.8 Å². The van der Waals surface area contributed by atoms with Crippen molar-refractivity contribution in [3.63, 3.8) is 0 Å². The molecule has 0 spiro atoms. The molecule has 2 saturated carbocycles. The Kier molecular flexibility index (Phi) is 9.34. The Morgan fingerprint density at radius 2 is 1.14 bits per heavy atom. The van der Waals surface area contributed by atoms with Crippen LogP contribution in [-0.2, 0) is 20.0 Å². The SMILES string of the molecule is CC(CCC(C)(C)S(=O)(=O)N(C1CC1)[C@H](C)CC(C)(C)C)C[C@H](C)N(C1CC1)S(=O)(=O)C(C)(C)C. The van der Waals surface area contributed by atoms with Gasteiger partial charge < -0.3 is 0 Å². The third-order valence-electron chi connectivity index (χ3n) is 7.60. The maximum absolute atomic E-state index is 13.9. The van der Waals surface area contributed by atoms with Crippen molar-refractivity contribution in [3.05, 3.63) is 0 Å². The van der Waals surface area contributed by atoms with Crippen LogP contribution in [0.5, 0.6) is 0 Å². The van der Waals surface area contributed by atoms with Crippen molar-refractivity contribution in [3.8, 4) is 0 Å². The van der Waals surface area contributed by atoms with E-state index in [-0.39, 0.29) is 35.5 Å². The molecule has 2 aliphatic carbocycles. The molecule has 0 aliphatic heterocycles. The molecule has 1 unspecified atom stereocenters. The molecule has 0 amide bonds. The average Bonchev–Trinajstić information content (AvgIpc) is 3.52. The first-order valence-electron chi connectivity index (χ1n) is 13.7. The lowest BCUT2D eigenvalue weighted by Crippen LogP contribution is -2.50. The lowest BCUT2D eigenvalue weighted by atomic mass is 9.89. The minimum absolute atomic E-state index is 0.0149. The molecule has 0 aromatic carbocycles. The fraction of sp³-hybridized carbons (Fsp3) is 1.00. The van der Waals surface area contributed by atoms with Gasteiger partial charge in [-0.25, -0.2) is 16.8 Å². The predicted molar refractivity (Wildman–Crippen MR) is 147 cm³/mol. The summed E-state index contributed by atoms with van der Waals surface area (Å²) in [7, 11) is -6.86. The third kappa shape index (κ3) is 7.67. The van der Waals surface area contributed by atoms with Gasteiger partial charge in [0.1, 0.15) is 0 Å². The van der Waals surface area contributed by atoms with Gasteiger partial charge in [0.2, 0.25) is 20.0 Å². The Morgan fingerprint density at radius 1 is 0.714 bits per heavy atom. The molecule has 0 aromatic heterocycles. The molecular formula is C27H54N2O4S2. The number of rotatable bonds is 13. The van der Waals surface area contributed by atoms with E-state index in [0.29, 0.717) is 6.42 Å². The van der Waals surface area contributed by atoms with Gasteiger partial charge in [0.05, 0.1) is 9.49 Å². The summed E-state index contributed by atoms with van der Waals surface area (Å²) >= 11 is 0. The zero-order valence-electron chi connectivity index (χ0n) is 24.4. The van der Waals surface area contributed by atoms with Gasteiger partial charge in [0, 0.05) is 24.2 Å². The molecule has 3 atom stereocenters. The molecular weight excluding hydrogens is 480 g/mol. The third-order valence-corrected chi connectivity index (χ3v) is 13.2. The zero-order valence-corrected chi connectivity index (χ0v) is 26.0. The molecule has 2 fully saturated rings. The van der Waals surface area contributed by atoms with Crippen molar-refractivity contribution in [2.45, 2.75) is 161 Å². The number of hydrogen-bond donors (Lipinski definition) is 0. The van der Waals surface area contributed by atoms with E-state index in [1.54, 1.807) is 25.1 Å². The number of sulfonamides is 2. The van der Waals surface area contributed by atoms with Gasteiger partial charge in [0.15, 0.2) is 0 Å². The van der Waals surface area contributed by atoms with E-state index in [0.717, 1.165) is 44.9 Å². The Balaban J connectivity index is 2.08. The van der Waals surface area contributed by atoms with E-state index in [4.69, 9.17) is 0 Å². The van der Waals surface area contributed by atoms with Crippen LogP contribution in [0.25, 0.3) is 0 Å². The minimum Gasteiger partial charge on any atom is -0.212 e. The molecule has 2 rings (SSSR count). The summed E-state index contributed by atoms with van der Waals surface area (Å²) in [5, 5.41) is 0. The van der Waals surface area contributed by atoms with Crippen molar-refractivity contribution < 1.29 is 16.8 Å². The highest BCUT2D eigenvalue weighted by Gasteiger charge is 2.48. The second-order valence-corrected chi connectivity index (χ2v) is 19.4. The fourth-order valence-electron chi connectivity index (χ4n) is 5.35. The number of hydrogen-bond acceptors (Lipinski definition) is 4. The van der Waals surface area contributed by atoms with E-state index >= 15 is 0 Å². The van der Waals surface area contributed by atoms with Crippen LogP contribution in [0.15, 0.2) is 0 Å². The van der Waals surface area contributed by atoms with Crippen molar-refractivity contribution in [1.29, 1.82) is 0 Å². The summed E-state index contributed by atoms with van der Waals surface area (Å²) in [5.74, 6) is 0.234. The Labute approximate surface area is 217 Å². The van der Waals surface area contributed by atoms with Gasteiger partial charge in [-0.1, -0.05) is 27.7 Å². The van der Waals surface area contributed by atoms with E-state index in [9.17, 15) is 16.8 Å². The molecule has 8 heteroatoms. The Hall–Kier alpha value is -0.180. The average molecular weight is 535 g/mol. The first-order chi connectivity index (χ1) is 15.6. The normalized spacial score (nSPS) is 21.4. The summed E-state index contributed by atoms with van der Waals surface area (Å²) in [5.41, 5.74) is 0.0672. The van der Waals surface area contributed by atoms with Crippen LogP contribution < -0.4 is 0 Å². The van der Waals surface area contributed by atoms with Gasteiger partial charge in [-0.3, -0.25) is 0 Å². The first kappa shape index (κ1) is 31.0. The fourth-order valence-corrected chi connectivity index (χ4v) is 9.24. The van der Waals surface area contributed by atoms with Crippen LogP contribution in [0.4, 0.5) is 0 Å². The lowest BCUT2D eigenvalue weighted by molar-refractivity contribution is 0.232. The lowest BCUT2D eigenvalue weighted by Gasteiger charge is -2.39. The molecule has 0 bridgehead atoms. The second-order valence-electron chi connectivity index (χ2n) is 14.3. The van der Waals surface area contributed by atoms with E-state index in [2.05, 4.69) is 34.6 Å². The smallest absolute Gasteiger partial charge is 0.212 e. The van der Waals surface area contributed by atoms with E-state index in [1.165, 1.54) is 0 Å². The minimum atomic E-state index is -3.47. The van der Waals surface area contributed by atoms with Gasteiger partial charge in [-0.15, -0.1) is 0 Å². The molecule has 2 aliphatic rings. The summed E-state index contributed by atoms with van der Waals surface area (Å²) in [6, 6.07) is 0.161. The molecule has 0 radical (unpaired) electrons. The monoisotopic (exact) mass is 534 g/mol. The summed E-state index contributed by atoms with van der Waals surface area (Å²) in [6.07, 6.45) is 6.70. The van der Waals surface area contributed by atoms with Gasteiger partial charge in [-0.2, -0.15) is 8.61 Å². The van der Waals surface area contributed by atoms with Crippen LogP contribution >= 0.6 is 0 Å². The second kappa shape index (κ2) is 10.5. The van der Waals surface area contributed by atoms with Crippen LogP contribution in [0, 0.1) is 11.3 Å². The molecule has 35 heavy (non-hydrogen) atoms. The molecule has 6 nitrogen and oxygen atoms in total. The maximum Gasteiger partial charge on any atom is 0.219 e. The van der Waals surface area contributed by atoms with Gasteiger partial charge >= 0.3 is 0 Å². The highest BCUT2D eigenvalue weighted by Crippen LogP contribution is 2.41. The quantitative estimate of drug-likeness (QED) is 0.283. The van der Waals surface area contributed by atoms with Crippen LogP contribution in [0.1, 0.15) is 128 Å². The van der Waals surface area contributed by atoms with Crippen molar-refractivity contribution in [1.82, 2.24) is 8.61 Å². The molecule has 0 heterocycles. The molecule has 0 N–H and O–H groups in total. The zero-order chi connectivity index (χ0) is 27.2.